The van der Waals surface area contributed by atoms with Gasteiger partial charge in [-0.05, 0) is 61.2 Å². The second-order valence-corrected chi connectivity index (χ2v) is 10.2. The van der Waals surface area contributed by atoms with Gasteiger partial charge in [-0.1, -0.05) is 46.3 Å². The quantitative estimate of drug-likeness (QED) is 0.553. The average molecular weight is 407 g/mol. The highest BCUT2D eigenvalue weighted by atomic mass is 16.6. The maximum Gasteiger partial charge on any atom is 0.344 e. The molecule has 0 spiro atoms. The molecule has 2 bridgehead atoms. The third-order valence-corrected chi connectivity index (χ3v) is 8.96. The number of allylic oxidation sites excluding steroid dienone is 1. The monoisotopic (exact) mass is 406 g/mol. The molecular weight excluding hydrogens is 368 g/mol. The first-order valence-electron chi connectivity index (χ1n) is 11.2. The lowest BCUT2D eigenvalue weighted by Crippen LogP contribution is -2.59. The van der Waals surface area contributed by atoms with Crippen LogP contribution in [-0.2, 0) is 19.1 Å². The van der Waals surface area contributed by atoms with Crippen LogP contribution in [0.4, 0.5) is 0 Å². The molecular formula is C24H38O5. The van der Waals surface area contributed by atoms with Crippen molar-refractivity contribution in [1.29, 1.82) is 0 Å². The van der Waals surface area contributed by atoms with Crippen LogP contribution < -0.4 is 0 Å². The molecule has 0 amide bonds. The Labute approximate surface area is 175 Å². The van der Waals surface area contributed by atoms with Gasteiger partial charge in [0.25, 0.3) is 0 Å². The van der Waals surface area contributed by atoms with Gasteiger partial charge in [-0.15, -0.1) is 0 Å². The van der Waals surface area contributed by atoms with Crippen LogP contribution in [0.1, 0.15) is 80.1 Å². The topological polar surface area (TPSA) is 72.8 Å². The van der Waals surface area contributed by atoms with Crippen LogP contribution in [0.5, 0.6) is 0 Å². The van der Waals surface area contributed by atoms with Gasteiger partial charge in [0.15, 0.2) is 6.61 Å². The molecule has 7 atom stereocenters. The van der Waals surface area contributed by atoms with Gasteiger partial charge in [-0.2, -0.15) is 0 Å². The van der Waals surface area contributed by atoms with Crippen LogP contribution in [-0.4, -0.2) is 35.9 Å². The summed E-state index contributed by atoms with van der Waals surface area (Å²) in [5, 5.41) is 11.5. The summed E-state index contributed by atoms with van der Waals surface area (Å²) in [7, 11) is 0. The van der Waals surface area contributed by atoms with Crippen molar-refractivity contribution in [3.05, 3.63) is 11.6 Å². The number of rotatable bonds is 4. The van der Waals surface area contributed by atoms with Crippen LogP contribution >= 0.6 is 0 Å². The number of ether oxygens (including phenoxy) is 2. The summed E-state index contributed by atoms with van der Waals surface area (Å²) in [6, 6.07) is 0. The smallest absolute Gasteiger partial charge is 0.344 e. The Balaban J connectivity index is 2.05. The molecule has 0 aliphatic heterocycles. The van der Waals surface area contributed by atoms with Crippen LogP contribution in [0.25, 0.3) is 0 Å². The number of aliphatic hydroxyl groups excluding tert-OH is 1. The zero-order valence-corrected chi connectivity index (χ0v) is 18.9. The van der Waals surface area contributed by atoms with Crippen LogP contribution in [0.3, 0.4) is 0 Å². The van der Waals surface area contributed by atoms with E-state index in [1.54, 1.807) is 0 Å². The number of carbonyl (C=O) groups excluding carboxylic acids is 2. The molecule has 5 heteroatoms. The maximum absolute atomic E-state index is 12.6. The summed E-state index contributed by atoms with van der Waals surface area (Å²) >= 11 is 0. The van der Waals surface area contributed by atoms with Crippen molar-refractivity contribution in [3.8, 4) is 0 Å². The van der Waals surface area contributed by atoms with E-state index in [0.717, 1.165) is 32.1 Å². The summed E-state index contributed by atoms with van der Waals surface area (Å²) in [5.41, 5.74) is 0.758. The first kappa shape index (κ1) is 22.3. The standard InChI is InChI=1S/C24H38O5/c1-7-22(5)13-19(29-20(26)14-28-17(4)25)23(6)15(2)10-12-24(16(3)21(22)27)11-8-9-18(23)24/h9,15-16,19,21,27H,7-8,10-14H2,1-6H3/t15-,16+,19-,21+,22-,23-,24-/m1/s1. The van der Waals surface area contributed by atoms with Crippen molar-refractivity contribution in [3.63, 3.8) is 0 Å². The maximum atomic E-state index is 12.6. The summed E-state index contributed by atoms with van der Waals surface area (Å²) in [6.07, 6.45) is 7.21. The van der Waals surface area contributed by atoms with E-state index in [4.69, 9.17) is 9.47 Å². The molecule has 2 fully saturated rings. The van der Waals surface area contributed by atoms with Gasteiger partial charge in [0.1, 0.15) is 6.10 Å². The minimum atomic E-state index is -0.505. The molecule has 0 unspecified atom stereocenters. The third-order valence-electron chi connectivity index (χ3n) is 8.96. The van der Waals surface area contributed by atoms with Gasteiger partial charge in [0.2, 0.25) is 0 Å². The number of esters is 2. The number of carbonyl (C=O) groups is 2. The highest BCUT2D eigenvalue weighted by Gasteiger charge is 2.62. The van der Waals surface area contributed by atoms with Gasteiger partial charge in [0, 0.05) is 12.3 Å². The summed E-state index contributed by atoms with van der Waals surface area (Å²) < 4.78 is 10.9. The Morgan fingerprint density at radius 2 is 1.93 bits per heavy atom. The molecule has 0 saturated heterocycles. The minimum absolute atomic E-state index is 0.0158. The molecule has 29 heavy (non-hydrogen) atoms. The van der Waals surface area contributed by atoms with E-state index in [0.29, 0.717) is 12.3 Å². The van der Waals surface area contributed by atoms with Gasteiger partial charge in [-0.3, -0.25) is 4.79 Å². The zero-order chi connectivity index (χ0) is 21.6. The number of aliphatic hydroxyl groups is 1. The molecule has 5 nitrogen and oxygen atoms in total. The van der Waals surface area contributed by atoms with Crippen LogP contribution in [0.15, 0.2) is 11.6 Å². The van der Waals surface area contributed by atoms with E-state index in [1.165, 1.54) is 12.5 Å². The van der Waals surface area contributed by atoms with Crippen molar-refractivity contribution in [1.82, 2.24) is 0 Å². The lowest BCUT2D eigenvalue weighted by molar-refractivity contribution is -0.180. The Morgan fingerprint density at radius 1 is 1.24 bits per heavy atom. The molecule has 3 aliphatic rings. The highest BCUT2D eigenvalue weighted by molar-refractivity contribution is 5.75. The van der Waals surface area contributed by atoms with Crippen LogP contribution in [0, 0.1) is 28.1 Å². The fourth-order valence-electron chi connectivity index (χ4n) is 6.59. The molecule has 3 rings (SSSR count). The molecule has 0 heterocycles. The molecule has 0 aromatic heterocycles. The summed E-state index contributed by atoms with van der Waals surface area (Å²) in [4.78, 5) is 23.7. The molecule has 164 valence electrons. The fourth-order valence-corrected chi connectivity index (χ4v) is 6.59. The largest absolute Gasteiger partial charge is 0.459 e. The normalized spacial score (nSPS) is 44.2. The molecule has 2 saturated carbocycles. The van der Waals surface area contributed by atoms with E-state index in [9.17, 15) is 14.7 Å². The number of hydrogen-bond donors (Lipinski definition) is 1. The summed E-state index contributed by atoms with van der Waals surface area (Å²) in [5.74, 6) is -0.451. The molecule has 0 aromatic rings. The van der Waals surface area contributed by atoms with Gasteiger partial charge in [-0.25, -0.2) is 4.79 Å². The van der Waals surface area contributed by atoms with Gasteiger partial charge < -0.3 is 14.6 Å². The Kier molecular flexibility index (Phi) is 5.94. The second-order valence-electron chi connectivity index (χ2n) is 10.2. The van der Waals surface area contributed by atoms with E-state index in [1.807, 2.05) is 0 Å². The second kappa shape index (κ2) is 7.72. The van der Waals surface area contributed by atoms with Crippen molar-refractivity contribution in [2.24, 2.45) is 28.1 Å². The fraction of sp³-hybridized carbons (Fsp3) is 0.833. The molecule has 3 aliphatic carbocycles. The van der Waals surface area contributed by atoms with Gasteiger partial charge in [0.05, 0.1) is 6.10 Å². The van der Waals surface area contributed by atoms with E-state index >= 15 is 0 Å². The molecule has 0 aromatic carbocycles. The Hall–Kier alpha value is -1.36. The van der Waals surface area contributed by atoms with E-state index in [-0.39, 0.29) is 34.9 Å². The lowest BCUT2D eigenvalue weighted by atomic mass is 9.46. The van der Waals surface area contributed by atoms with Gasteiger partial charge >= 0.3 is 11.9 Å². The Bertz CT molecular complexity index is 699. The van der Waals surface area contributed by atoms with E-state index in [2.05, 4.69) is 40.7 Å². The summed E-state index contributed by atoms with van der Waals surface area (Å²) in [6.45, 7) is 11.9. The highest BCUT2D eigenvalue weighted by Crippen LogP contribution is 2.67. The lowest BCUT2D eigenvalue weighted by Gasteiger charge is -2.60. The predicted molar refractivity (Wildman–Crippen MR) is 111 cm³/mol. The van der Waals surface area contributed by atoms with E-state index < -0.39 is 18.0 Å². The van der Waals surface area contributed by atoms with Crippen molar-refractivity contribution in [2.45, 2.75) is 92.3 Å². The van der Waals surface area contributed by atoms with Crippen molar-refractivity contribution >= 4 is 11.9 Å². The zero-order valence-electron chi connectivity index (χ0n) is 18.9. The SMILES string of the molecule is CC[C@]1(C)C[C@@H](OC(=O)COC(C)=O)[C@@]2(C)C3=CCC[C@@]3(CC[C@H]2C)[C@@H](C)[C@@H]1O. The molecule has 0 radical (unpaired) electrons. The van der Waals surface area contributed by atoms with Crippen LogP contribution in [0.2, 0.25) is 0 Å². The first-order chi connectivity index (χ1) is 13.5. The minimum Gasteiger partial charge on any atom is -0.459 e. The van der Waals surface area contributed by atoms with Crippen molar-refractivity contribution in [2.75, 3.05) is 6.61 Å². The molecule has 1 N–H and O–H groups in total. The Morgan fingerprint density at radius 3 is 2.55 bits per heavy atom. The van der Waals surface area contributed by atoms with Crippen molar-refractivity contribution < 1.29 is 24.2 Å². The number of hydrogen-bond acceptors (Lipinski definition) is 5. The predicted octanol–water partition coefficient (Wildman–Crippen LogP) is 4.42. The third kappa shape index (κ3) is 3.43. The first-order valence-corrected chi connectivity index (χ1v) is 11.2. The average Bonchev–Trinajstić information content (AvgIpc) is 3.13.